The minimum absolute atomic E-state index is 0. The van der Waals surface area contributed by atoms with E-state index in [1.165, 1.54) is 0 Å². The summed E-state index contributed by atoms with van der Waals surface area (Å²) in [4.78, 5) is 0. The summed E-state index contributed by atoms with van der Waals surface area (Å²) in [6, 6.07) is 0. The van der Waals surface area contributed by atoms with Gasteiger partial charge in [0.05, 0.1) is 0 Å². The summed E-state index contributed by atoms with van der Waals surface area (Å²) in [7, 11) is 0. The number of hydrogen-bond acceptors (Lipinski definition) is 5. The van der Waals surface area contributed by atoms with Crippen LogP contribution in [0.15, 0.2) is 0 Å². The molecule has 0 fully saturated rings. The molecule has 0 aromatic heterocycles. The van der Waals surface area contributed by atoms with Gasteiger partial charge in [-0.1, -0.05) is 47.5 Å². The topological polar surface area (TPSA) is 73.8 Å². The third kappa shape index (κ3) is 37.8. The van der Waals surface area contributed by atoms with E-state index < -0.39 is 15.1 Å². The zero-order valence-corrected chi connectivity index (χ0v) is 21.0. The van der Waals surface area contributed by atoms with Crippen LogP contribution in [0.3, 0.4) is 0 Å². The molecule has 0 N–H and O–H groups in total. The van der Waals surface area contributed by atoms with Crippen molar-refractivity contribution in [3.8, 4) is 0 Å². The SMILES string of the molecule is CCC[O-].CCC[O-].CCC[O][Al]([O]CCC)[O]CCC.[Ba+2]. The Morgan fingerprint density at radius 3 is 0.955 bits per heavy atom. The first-order valence-electron chi connectivity index (χ1n) is 8.19. The van der Waals surface area contributed by atoms with Crippen LogP contribution in [0.25, 0.3) is 0 Å². The third-order valence-electron chi connectivity index (χ3n) is 1.78. The smallest absolute Gasteiger partial charge is 0.854 e. The summed E-state index contributed by atoms with van der Waals surface area (Å²) in [6.07, 6.45) is 4.59. The predicted molar refractivity (Wildman–Crippen MR) is 90.6 cm³/mol. The molecule has 0 aliphatic rings. The molecule has 5 nitrogen and oxygen atoms in total. The predicted octanol–water partition coefficient (Wildman–Crippen LogP) is 1.38. The average Bonchev–Trinajstić information content (AvgIpc) is 2.54. The zero-order valence-electron chi connectivity index (χ0n) is 15.4. The molecular formula is C15H35AlBaO5. The monoisotopic (exact) mass is 460 g/mol. The fourth-order valence-corrected chi connectivity index (χ4v) is 2.36. The number of rotatable bonds is 11. The molecule has 130 valence electrons. The van der Waals surface area contributed by atoms with E-state index in [0.717, 1.165) is 51.9 Å². The van der Waals surface area contributed by atoms with Crippen LogP contribution in [-0.4, -0.2) is 97.1 Å². The molecule has 0 heterocycles. The Morgan fingerprint density at radius 1 is 0.591 bits per heavy atom. The molecule has 0 atom stereocenters. The van der Waals surface area contributed by atoms with Gasteiger partial charge in [0.25, 0.3) is 0 Å². The Balaban J connectivity index is -0.000000150. The molecule has 0 aromatic carbocycles. The van der Waals surface area contributed by atoms with Crippen LogP contribution in [0.4, 0.5) is 0 Å². The van der Waals surface area contributed by atoms with E-state index in [-0.39, 0.29) is 62.1 Å². The van der Waals surface area contributed by atoms with Gasteiger partial charge in [-0.25, -0.2) is 0 Å². The first kappa shape index (κ1) is 31.7. The van der Waals surface area contributed by atoms with E-state index in [2.05, 4.69) is 20.8 Å². The van der Waals surface area contributed by atoms with Gasteiger partial charge >= 0.3 is 64.0 Å². The van der Waals surface area contributed by atoms with Gasteiger partial charge in [0, 0.05) is 19.8 Å². The van der Waals surface area contributed by atoms with Crippen LogP contribution < -0.4 is 10.2 Å². The van der Waals surface area contributed by atoms with E-state index in [1.807, 2.05) is 13.8 Å². The summed E-state index contributed by atoms with van der Waals surface area (Å²) >= 11 is -1.79. The fraction of sp³-hybridized carbons (Fsp3) is 1.00. The van der Waals surface area contributed by atoms with Crippen molar-refractivity contribution in [3.05, 3.63) is 0 Å². The fourth-order valence-electron chi connectivity index (χ4n) is 0.787. The van der Waals surface area contributed by atoms with Crippen molar-refractivity contribution in [3.63, 3.8) is 0 Å². The van der Waals surface area contributed by atoms with Gasteiger partial charge in [0.15, 0.2) is 0 Å². The Morgan fingerprint density at radius 2 is 0.818 bits per heavy atom. The summed E-state index contributed by atoms with van der Waals surface area (Å²) < 4.78 is 16.5. The second-order valence-corrected chi connectivity index (χ2v) is 5.89. The minimum atomic E-state index is -1.79. The molecular weight excluding hydrogens is 424 g/mol. The maximum Gasteiger partial charge on any atom is 2.00 e. The molecule has 0 aliphatic heterocycles. The quantitative estimate of drug-likeness (QED) is 0.437. The Labute approximate surface area is 183 Å². The van der Waals surface area contributed by atoms with Crippen molar-refractivity contribution in [2.45, 2.75) is 66.7 Å². The van der Waals surface area contributed by atoms with Crippen molar-refractivity contribution < 1.29 is 21.6 Å². The van der Waals surface area contributed by atoms with Gasteiger partial charge in [-0.15, -0.1) is 13.2 Å². The van der Waals surface area contributed by atoms with E-state index in [9.17, 15) is 10.2 Å². The first-order chi connectivity index (χ1) is 10.2. The van der Waals surface area contributed by atoms with Crippen molar-refractivity contribution in [1.82, 2.24) is 0 Å². The van der Waals surface area contributed by atoms with Crippen LogP contribution in [0.1, 0.15) is 66.7 Å². The van der Waals surface area contributed by atoms with Crippen molar-refractivity contribution in [2.75, 3.05) is 33.0 Å². The van der Waals surface area contributed by atoms with Gasteiger partial charge in [-0.05, 0) is 19.3 Å². The molecule has 0 amide bonds. The average molecular weight is 460 g/mol. The van der Waals surface area contributed by atoms with Gasteiger partial charge in [-0.3, -0.25) is 0 Å². The van der Waals surface area contributed by atoms with Crippen LogP contribution in [0.2, 0.25) is 0 Å². The maximum atomic E-state index is 9.30. The van der Waals surface area contributed by atoms with Gasteiger partial charge in [0.2, 0.25) is 0 Å². The summed E-state index contributed by atoms with van der Waals surface area (Å²) in [5.74, 6) is 0. The molecule has 7 heteroatoms. The molecule has 22 heavy (non-hydrogen) atoms. The van der Waals surface area contributed by atoms with E-state index >= 15 is 0 Å². The largest absolute Gasteiger partial charge is 2.00 e. The van der Waals surface area contributed by atoms with Gasteiger partial charge < -0.3 is 21.6 Å². The molecule has 0 rings (SSSR count). The minimum Gasteiger partial charge on any atom is -0.854 e. The second-order valence-electron chi connectivity index (χ2n) is 4.31. The molecule has 0 saturated carbocycles. The molecule has 0 unspecified atom stereocenters. The van der Waals surface area contributed by atoms with E-state index in [0.29, 0.717) is 0 Å². The third-order valence-corrected chi connectivity index (χ3v) is 3.31. The van der Waals surface area contributed by atoms with Crippen molar-refractivity contribution >= 4 is 64.0 Å². The van der Waals surface area contributed by atoms with Crippen LogP contribution in [-0.2, 0) is 11.4 Å². The Kier molecular flexibility index (Phi) is 49.3. The van der Waals surface area contributed by atoms with Crippen molar-refractivity contribution in [1.29, 1.82) is 0 Å². The van der Waals surface area contributed by atoms with Crippen LogP contribution in [0, 0.1) is 0 Å². The molecule has 0 bridgehead atoms. The molecule has 0 aromatic rings. The van der Waals surface area contributed by atoms with Gasteiger partial charge in [-0.2, -0.15) is 0 Å². The van der Waals surface area contributed by atoms with Crippen LogP contribution >= 0.6 is 0 Å². The van der Waals surface area contributed by atoms with E-state index in [4.69, 9.17) is 11.4 Å². The normalized spacial score (nSPS) is 8.86. The van der Waals surface area contributed by atoms with Crippen LogP contribution in [0.5, 0.6) is 0 Å². The van der Waals surface area contributed by atoms with Crippen molar-refractivity contribution in [2.24, 2.45) is 0 Å². The standard InChI is InChI=1S/5C3H7O.Al.Ba/c5*1-2-3-4;;/h5*2-3H2,1H3;;/q5*-1;+3;+2. The summed E-state index contributed by atoms with van der Waals surface area (Å²) in [5.41, 5.74) is 0. The molecule has 0 saturated heterocycles. The molecule has 0 radical (unpaired) electrons. The van der Waals surface area contributed by atoms with E-state index in [1.54, 1.807) is 0 Å². The number of hydrogen-bond donors (Lipinski definition) is 0. The first-order valence-corrected chi connectivity index (χ1v) is 9.60. The van der Waals surface area contributed by atoms with Gasteiger partial charge in [0.1, 0.15) is 0 Å². The summed E-state index contributed by atoms with van der Waals surface area (Å²) in [6.45, 7) is 12.4. The Hall–Kier alpha value is 1.90. The maximum absolute atomic E-state index is 9.30. The molecule has 0 spiro atoms. The zero-order chi connectivity index (χ0) is 16.8. The second kappa shape index (κ2) is 34.3. The summed E-state index contributed by atoms with van der Waals surface area (Å²) in [5, 5.41) is 18.6. The molecule has 0 aliphatic carbocycles. The Bertz CT molecular complexity index is 129.